The Morgan fingerprint density at radius 1 is 0.893 bits per heavy atom. The molecule has 0 aliphatic heterocycles. The number of carbonyl (C=O) groups is 2. The lowest BCUT2D eigenvalue weighted by Gasteiger charge is -2.14. The third-order valence-corrected chi connectivity index (χ3v) is 4.19. The van der Waals surface area contributed by atoms with E-state index in [1.807, 2.05) is 32.3 Å². The van der Waals surface area contributed by atoms with Crippen LogP contribution in [0, 0.1) is 0 Å². The van der Waals surface area contributed by atoms with Crippen LogP contribution >= 0.6 is 0 Å². The van der Waals surface area contributed by atoms with E-state index in [1.54, 1.807) is 36.4 Å². The number of anilines is 1. The number of hydrogen-bond acceptors (Lipinski definition) is 4. The SMILES string of the molecule is CN(C)Cc1ccccc1CNC(=O)c1ccc(NC(=O)c2ccco2)cc1. The number of nitrogens with zero attached hydrogens (tertiary/aromatic N) is 1. The Bertz CT molecular complexity index is 932. The number of benzene rings is 2. The van der Waals surface area contributed by atoms with Crippen LogP contribution in [0.1, 0.15) is 32.0 Å². The molecule has 6 nitrogen and oxygen atoms in total. The quantitative estimate of drug-likeness (QED) is 0.661. The summed E-state index contributed by atoms with van der Waals surface area (Å²) in [6.45, 7) is 1.27. The summed E-state index contributed by atoms with van der Waals surface area (Å²) in [7, 11) is 4.03. The summed E-state index contributed by atoms with van der Waals surface area (Å²) >= 11 is 0. The maximum absolute atomic E-state index is 12.4. The highest BCUT2D eigenvalue weighted by atomic mass is 16.3. The van der Waals surface area contributed by atoms with E-state index in [-0.39, 0.29) is 17.6 Å². The highest BCUT2D eigenvalue weighted by molar-refractivity contribution is 6.02. The fraction of sp³-hybridized carbons (Fsp3) is 0.182. The fourth-order valence-corrected chi connectivity index (χ4v) is 2.81. The summed E-state index contributed by atoms with van der Waals surface area (Å²) in [6, 6.07) is 18.0. The molecule has 0 saturated heterocycles. The van der Waals surface area contributed by atoms with Gasteiger partial charge in [-0.1, -0.05) is 24.3 Å². The second kappa shape index (κ2) is 9.01. The molecule has 0 radical (unpaired) electrons. The summed E-state index contributed by atoms with van der Waals surface area (Å²) in [4.78, 5) is 26.5. The Kier molecular flexibility index (Phi) is 6.24. The van der Waals surface area contributed by atoms with Gasteiger partial charge in [0, 0.05) is 24.3 Å². The molecule has 0 aliphatic rings. The molecule has 3 rings (SSSR count). The zero-order chi connectivity index (χ0) is 19.9. The molecule has 6 heteroatoms. The van der Waals surface area contributed by atoms with Gasteiger partial charge in [0.25, 0.3) is 11.8 Å². The Morgan fingerprint density at radius 3 is 2.25 bits per heavy atom. The van der Waals surface area contributed by atoms with E-state index < -0.39 is 0 Å². The normalized spacial score (nSPS) is 10.7. The number of rotatable bonds is 7. The molecular weight excluding hydrogens is 354 g/mol. The largest absolute Gasteiger partial charge is 0.459 e. The molecule has 0 spiro atoms. The van der Waals surface area contributed by atoms with Crippen LogP contribution in [0.2, 0.25) is 0 Å². The zero-order valence-electron chi connectivity index (χ0n) is 15.9. The van der Waals surface area contributed by atoms with E-state index in [4.69, 9.17) is 4.42 Å². The summed E-state index contributed by atoms with van der Waals surface area (Å²) in [5, 5.41) is 5.68. The first kappa shape index (κ1) is 19.4. The van der Waals surface area contributed by atoms with E-state index >= 15 is 0 Å². The van der Waals surface area contributed by atoms with E-state index in [0.717, 1.165) is 12.1 Å². The Balaban J connectivity index is 1.59. The second-order valence-corrected chi connectivity index (χ2v) is 6.70. The topological polar surface area (TPSA) is 74.6 Å². The van der Waals surface area contributed by atoms with Gasteiger partial charge in [-0.3, -0.25) is 9.59 Å². The highest BCUT2D eigenvalue weighted by Gasteiger charge is 2.11. The van der Waals surface area contributed by atoms with Crippen molar-refractivity contribution in [3.05, 3.63) is 89.4 Å². The molecule has 144 valence electrons. The van der Waals surface area contributed by atoms with Crippen molar-refractivity contribution in [1.29, 1.82) is 0 Å². The molecule has 0 fully saturated rings. The van der Waals surface area contributed by atoms with Crippen LogP contribution in [0.15, 0.2) is 71.3 Å². The molecule has 2 aromatic carbocycles. The summed E-state index contributed by atoms with van der Waals surface area (Å²) in [6.07, 6.45) is 1.44. The molecule has 0 saturated carbocycles. The molecule has 3 aromatic rings. The molecular formula is C22H23N3O3. The van der Waals surface area contributed by atoms with Gasteiger partial charge in [-0.2, -0.15) is 0 Å². The summed E-state index contributed by atoms with van der Waals surface area (Å²) in [5.74, 6) is -0.263. The van der Waals surface area contributed by atoms with Crippen LogP contribution in [0.5, 0.6) is 0 Å². The first-order chi connectivity index (χ1) is 13.5. The second-order valence-electron chi connectivity index (χ2n) is 6.70. The number of furan rings is 1. The van der Waals surface area contributed by atoms with Gasteiger partial charge in [0.1, 0.15) is 0 Å². The van der Waals surface area contributed by atoms with Crippen molar-refractivity contribution >= 4 is 17.5 Å². The van der Waals surface area contributed by atoms with Crippen LogP contribution in [0.3, 0.4) is 0 Å². The summed E-state index contributed by atoms with van der Waals surface area (Å²) < 4.78 is 5.06. The molecule has 0 aliphatic carbocycles. The standard InChI is InChI=1S/C22H23N3O3/c1-25(2)15-18-7-4-3-6-17(18)14-23-21(26)16-9-11-19(12-10-16)24-22(27)20-8-5-13-28-20/h3-13H,14-15H2,1-2H3,(H,23,26)(H,24,27). The van der Waals surface area contributed by atoms with E-state index in [1.165, 1.54) is 11.8 Å². The van der Waals surface area contributed by atoms with Gasteiger partial charge in [-0.15, -0.1) is 0 Å². The smallest absolute Gasteiger partial charge is 0.291 e. The number of hydrogen-bond donors (Lipinski definition) is 2. The average Bonchev–Trinajstić information content (AvgIpc) is 3.22. The van der Waals surface area contributed by atoms with Crippen molar-refractivity contribution in [3.63, 3.8) is 0 Å². The van der Waals surface area contributed by atoms with E-state index in [2.05, 4.69) is 21.6 Å². The fourth-order valence-electron chi connectivity index (χ4n) is 2.81. The van der Waals surface area contributed by atoms with Crippen LogP contribution in [-0.2, 0) is 13.1 Å². The van der Waals surface area contributed by atoms with Gasteiger partial charge < -0.3 is 20.0 Å². The predicted octanol–water partition coefficient (Wildman–Crippen LogP) is 3.52. The van der Waals surface area contributed by atoms with Crippen LogP contribution in [0.4, 0.5) is 5.69 Å². The monoisotopic (exact) mass is 377 g/mol. The van der Waals surface area contributed by atoms with Crippen LogP contribution < -0.4 is 10.6 Å². The minimum Gasteiger partial charge on any atom is -0.459 e. The third kappa shape index (κ3) is 5.08. The van der Waals surface area contributed by atoms with Gasteiger partial charge >= 0.3 is 0 Å². The first-order valence-electron chi connectivity index (χ1n) is 8.97. The van der Waals surface area contributed by atoms with E-state index in [0.29, 0.717) is 17.8 Å². The molecule has 1 aromatic heterocycles. The molecule has 2 N–H and O–H groups in total. The summed E-state index contributed by atoms with van der Waals surface area (Å²) in [5.41, 5.74) is 3.39. The van der Waals surface area contributed by atoms with Crippen molar-refractivity contribution in [1.82, 2.24) is 10.2 Å². The molecule has 1 heterocycles. The predicted molar refractivity (Wildman–Crippen MR) is 108 cm³/mol. The number of carbonyl (C=O) groups excluding carboxylic acids is 2. The minimum absolute atomic E-state index is 0.163. The lowest BCUT2D eigenvalue weighted by atomic mass is 10.1. The Hall–Kier alpha value is -3.38. The Labute approximate surface area is 164 Å². The van der Waals surface area contributed by atoms with Crippen molar-refractivity contribution in [2.24, 2.45) is 0 Å². The number of amides is 2. The van der Waals surface area contributed by atoms with Crippen LogP contribution in [-0.4, -0.2) is 30.8 Å². The third-order valence-electron chi connectivity index (χ3n) is 4.19. The molecule has 28 heavy (non-hydrogen) atoms. The highest BCUT2D eigenvalue weighted by Crippen LogP contribution is 2.13. The first-order valence-corrected chi connectivity index (χ1v) is 8.97. The maximum Gasteiger partial charge on any atom is 0.291 e. The van der Waals surface area contributed by atoms with Gasteiger partial charge in [-0.05, 0) is 61.6 Å². The van der Waals surface area contributed by atoms with Gasteiger partial charge in [0.05, 0.1) is 6.26 Å². The Morgan fingerprint density at radius 2 is 1.61 bits per heavy atom. The average molecular weight is 377 g/mol. The van der Waals surface area contributed by atoms with Crippen molar-refractivity contribution in [2.75, 3.05) is 19.4 Å². The number of nitrogens with one attached hydrogen (secondary N) is 2. The van der Waals surface area contributed by atoms with Gasteiger partial charge in [-0.25, -0.2) is 0 Å². The zero-order valence-corrected chi connectivity index (χ0v) is 15.9. The maximum atomic E-state index is 12.4. The van der Waals surface area contributed by atoms with Crippen molar-refractivity contribution < 1.29 is 14.0 Å². The lowest BCUT2D eigenvalue weighted by molar-refractivity contribution is 0.0950. The van der Waals surface area contributed by atoms with Crippen molar-refractivity contribution in [3.8, 4) is 0 Å². The van der Waals surface area contributed by atoms with E-state index in [9.17, 15) is 9.59 Å². The van der Waals surface area contributed by atoms with Gasteiger partial charge in [0.2, 0.25) is 0 Å². The molecule has 0 atom stereocenters. The molecule has 2 amide bonds. The van der Waals surface area contributed by atoms with Gasteiger partial charge in [0.15, 0.2) is 5.76 Å². The van der Waals surface area contributed by atoms with Crippen molar-refractivity contribution in [2.45, 2.75) is 13.1 Å². The van der Waals surface area contributed by atoms with Crippen LogP contribution in [0.25, 0.3) is 0 Å². The molecule has 0 unspecified atom stereocenters. The lowest BCUT2D eigenvalue weighted by Crippen LogP contribution is -2.24. The molecule has 0 bridgehead atoms. The minimum atomic E-state index is -0.334.